The van der Waals surface area contributed by atoms with E-state index in [4.69, 9.17) is 0 Å². The first-order valence-corrected chi connectivity index (χ1v) is 8.30. The Morgan fingerprint density at radius 1 is 1.17 bits per heavy atom. The van der Waals surface area contributed by atoms with E-state index in [1.165, 1.54) is 0 Å². The van der Waals surface area contributed by atoms with Crippen LogP contribution in [-0.2, 0) is 4.79 Å². The van der Waals surface area contributed by atoms with E-state index in [2.05, 4.69) is 10.3 Å². The number of nitrogens with zero attached hydrogens (tertiary/aromatic N) is 2. The molecule has 5 nitrogen and oxygen atoms in total. The average molecular weight is 323 g/mol. The van der Waals surface area contributed by atoms with Gasteiger partial charge in [-0.25, -0.2) is 0 Å². The number of carbonyl (C=O) groups excluding carboxylic acids is 2. The summed E-state index contributed by atoms with van der Waals surface area (Å²) in [6.45, 7) is 2.11. The largest absolute Gasteiger partial charge is 0.352 e. The van der Waals surface area contributed by atoms with E-state index < -0.39 is 0 Å². The van der Waals surface area contributed by atoms with Crippen molar-refractivity contribution in [3.05, 3.63) is 54.4 Å². The monoisotopic (exact) mass is 323 g/mol. The summed E-state index contributed by atoms with van der Waals surface area (Å²) in [5, 5.41) is 2.90. The minimum atomic E-state index is -0.131. The fourth-order valence-electron chi connectivity index (χ4n) is 2.87. The van der Waals surface area contributed by atoms with Crippen molar-refractivity contribution in [2.24, 2.45) is 0 Å². The van der Waals surface area contributed by atoms with E-state index in [-0.39, 0.29) is 11.8 Å². The number of benzene rings is 1. The molecule has 1 aromatic heterocycles. The topological polar surface area (TPSA) is 62.3 Å². The molecule has 0 saturated carbocycles. The van der Waals surface area contributed by atoms with Crippen LogP contribution in [0.1, 0.15) is 29.6 Å². The highest BCUT2D eigenvalue weighted by Gasteiger charge is 2.19. The van der Waals surface area contributed by atoms with Crippen molar-refractivity contribution in [3.63, 3.8) is 0 Å². The third kappa shape index (κ3) is 3.98. The van der Waals surface area contributed by atoms with Crippen LogP contribution in [0.5, 0.6) is 0 Å². The third-order valence-corrected chi connectivity index (χ3v) is 4.17. The Kier molecular flexibility index (Phi) is 5.21. The number of hydrogen-bond acceptors (Lipinski definition) is 3. The van der Waals surface area contributed by atoms with Gasteiger partial charge in [-0.1, -0.05) is 30.3 Å². The molecular weight excluding hydrogens is 302 g/mol. The van der Waals surface area contributed by atoms with Gasteiger partial charge in [-0.3, -0.25) is 14.6 Å². The molecule has 124 valence electrons. The summed E-state index contributed by atoms with van der Waals surface area (Å²) in [6, 6.07) is 11.7. The fourth-order valence-corrected chi connectivity index (χ4v) is 2.87. The van der Waals surface area contributed by atoms with E-state index in [0.29, 0.717) is 25.1 Å². The van der Waals surface area contributed by atoms with Gasteiger partial charge < -0.3 is 10.2 Å². The predicted molar refractivity (Wildman–Crippen MR) is 92.4 cm³/mol. The van der Waals surface area contributed by atoms with Crippen LogP contribution < -0.4 is 5.32 Å². The van der Waals surface area contributed by atoms with E-state index in [1.54, 1.807) is 12.4 Å². The SMILES string of the molecule is O=C(NCCCN1CCCC1=O)c1cncc(-c2ccccc2)c1. The highest BCUT2D eigenvalue weighted by Crippen LogP contribution is 2.18. The molecule has 0 spiro atoms. The summed E-state index contributed by atoms with van der Waals surface area (Å²) in [5.41, 5.74) is 2.51. The van der Waals surface area contributed by atoms with Gasteiger partial charge in [-0.2, -0.15) is 0 Å². The van der Waals surface area contributed by atoms with Crippen LogP contribution in [-0.4, -0.2) is 41.3 Å². The van der Waals surface area contributed by atoms with Crippen molar-refractivity contribution in [1.29, 1.82) is 0 Å². The zero-order valence-electron chi connectivity index (χ0n) is 13.6. The number of aromatic nitrogens is 1. The number of nitrogens with one attached hydrogen (secondary N) is 1. The lowest BCUT2D eigenvalue weighted by Crippen LogP contribution is -2.30. The lowest BCUT2D eigenvalue weighted by atomic mass is 10.1. The summed E-state index contributed by atoms with van der Waals surface area (Å²) in [6.07, 6.45) is 5.70. The summed E-state index contributed by atoms with van der Waals surface area (Å²) in [7, 11) is 0. The lowest BCUT2D eigenvalue weighted by Gasteiger charge is -2.15. The van der Waals surface area contributed by atoms with Crippen LogP contribution in [0.4, 0.5) is 0 Å². The first-order valence-electron chi connectivity index (χ1n) is 8.30. The average Bonchev–Trinajstić information content (AvgIpc) is 3.04. The highest BCUT2D eigenvalue weighted by atomic mass is 16.2. The van der Waals surface area contributed by atoms with Gasteiger partial charge in [0.2, 0.25) is 5.91 Å². The first-order chi connectivity index (χ1) is 11.7. The molecular formula is C19H21N3O2. The summed E-state index contributed by atoms with van der Waals surface area (Å²) >= 11 is 0. The molecule has 0 bridgehead atoms. The number of rotatable bonds is 6. The maximum Gasteiger partial charge on any atom is 0.252 e. The van der Waals surface area contributed by atoms with Crippen molar-refractivity contribution < 1.29 is 9.59 Å². The van der Waals surface area contributed by atoms with Gasteiger partial charge in [0.25, 0.3) is 5.91 Å². The van der Waals surface area contributed by atoms with Crippen molar-refractivity contribution in [2.75, 3.05) is 19.6 Å². The Hall–Kier alpha value is -2.69. The first kappa shape index (κ1) is 16.2. The summed E-state index contributed by atoms with van der Waals surface area (Å²) in [4.78, 5) is 29.8. The van der Waals surface area contributed by atoms with Crippen LogP contribution in [0.15, 0.2) is 48.8 Å². The molecule has 1 aliphatic heterocycles. The Bertz CT molecular complexity index is 716. The van der Waals surface area contributed by atoms with Crippen LogP contribution in [0.3, 0.4) is 0 Å². The molecule has 0 aliphatic carbocycles. The molecule has 2 heterocycles. The molecule has 1 aromatic carbocycles. The number of pyridine rings is 1. The highest BCUT2D eigenvalue weighted by molar-refractivity contribution is 5.95. The van der Waals surface area contributed by atoms with E-state index in [9.17, 15) is 9.59 Å². The second-order valence-electron chi connectivity index (χ2n) is 5.92. The Labute approximate surface area is 141 Å². The molecule has 3 rings (SSSR count). The Balaban J connectivity index is 1.52. The lowest BCUT2D eigenvalue weighted by molar-refractivity contribution is -0.127. The summed E-state index contributed by atoms with van der Waals surface area (Å²) < 4.78 is 0. The van der Waals surface area contributed by atoms with E-state index in [1.807, 2.05) is 41.3 Å². The second kappa shape index (κ2) is 7.73. The molecule has 2 aromatic rings. The molecule has 2 amide bonds. The van der Waals surface area contributed by atoms with Gasteiger partial charge in [0.15, 0.2) is 0 Å². The molecule has 24 heavy (non-hydrogen) atoms. The van der Waals surface area contributed by atoms with Crippen molar-refractivity contribution >= 4 is 11.8 Å². The van der Waals surface area contributed by atoms with Crippen LogP contribution in [0.2, 0.25) is 0 Å². The van der Waals surface area contributed by atoms with Crippen LogP contribution in [0.25, 0.3) is 11.1 Å². The molecule has 0 atom stereocenters. The molecule has 5 heteroatoms. The molecule has 0 unspecified atom stereocenters. The number of likely N-dealkylation sites (tertiary alicyclic amines) is 1. The Morgan fingerprint density at radius 2 is 2.00 bits per heavy atom. The number of hydrogen-bond donors (Lipinski definition) is 1. The second-order valence-corrected chi connectivity index (χ2v) is 5.92. The molecule has 1 N–H and O–H groups in total. The molecule has 1 saturated heterocycles. The van der Waals surface area contributed by atoms with Crippen LogP contribution >= 0.6 is 0 Å². The minimum Gasteiger partial charge on any atom is -0.352 e. The van der Waals surface area contributed by atoms with Crippen molar-refractivity contribution in [2.45, 2.75) is 19.3 Å². The zero-order valence-corrected chi connectivity index (χ0v) is 13.6. The van der Waals surface area contributed by atoms with Crippen LogP contribution in [0, 0.1) is 0 Å². The van der Waals surface area contributed by atoms with Crippen molar-refractivity contribution in [3.8, 4) is 11.1 Å². The van der Waals surface area contributed by atoms with Gasteiger partial charge in [0.05, 0.1) is 5.56 Å². The van der Waals surface area contributed by atoms with Gasteiger partial charge in [-0.05, 0) is 24.5 Å². The van der Waals surface area contributed by atoms with Gasteiger partial charge in [0.1, 0.15) is 0 Å². The number of carbonyl (C=O) groups is 2. The predicted octanol–water partition coefficient (Wildman–Crippen LogP) is 2.49. The zero-order chi connectivity index (χ0) is 16.8. The minimum absolute atomic E-state index is 0.131. The molecule has 0 radical (unpaired) electrons. The van der Waals surface area contributed by atoms with Gasteiger partial charge >= 0.3 is 0 Å². The smallest absolute Gasteiger partial charge is 0.252 e. The van der Waals surface area contributed by atoms with E-state index in [0.717, 1.165) is 30.5 Å². The van der Waals surface area contributed by atoms with Crippen molar-refractivity contribution in [1.82, 2.24) is 15.2 Å². The number of amides is 2. The quantitative estimate of drug-likeness (QED) is 0.831. The Morgan fingerprint density at radius 3 is 2.75 bits per heavy atom. The maximum atomic E-state index is 12.3. The maximum absolute atomic E-state index is 12.3. The van der Waals surface area contributed by atoms with E-state index >= 15 is 0 Å². The summed E-state index contributed by atoms with van der Waals surface area (Å²) in [5.74, 6) is 0.0918. The fraction of sp³-hybridized carbons (Fsp3) is 0.316. The standard InChI is InChI=1S/C19H21N3O2/c23-18-8-4-10-22(18)11-5-9-21-19(24)17-12-16(13-20-14-17)15-6-2-1-3-7-15/h1-3,6-7,12-14H,4-5,8-11H2,(H,21,24). The van der Waals surface area contributed by atoms with Gasteiger partial charge in [0, 0.05) is 44.0 Å². The normalized spacial score (nSPS) is 14.0. The molecule has 1 fully saturated rings. The van der Waals surface area contributed by atoms with Gasteiger partial charge in [-0.15, -0.1) is 0 Å². The third-order valence-electron chi connectivity index (χ3n) is 4.17. The molecule has 1 aliphatic rings.